The molecule has 0 amide bonds. The van der Waals surface area contributed by atoms with Gasteiger partial charge in [-0.2, -0.15) is 4.98 Å². The second kappa shape index (κ2) is 8.06. The minimum Gasteiger partial charge on any atom is -0.362 e. The average Bonchev–Trinajstić information content (AvgIpc) is 3.17. The lowest BCUT2D eigenvalue weighted by Crippen LogP contribution is -2.51. The second-order valence-electron chi connectivity index (χ2n) is 8.41. The van der Waals surface area contributed by atoms with E-state index >= 15 is 0 Å². The first-order valence-corrected chi connectivity index (χ1v) is 12.1. The summed E-state index contributed by atoms with van der Waals surface area (Å²) >= 11 is 0. The van der Waals surface area contributed by atoms with Gasteiger partial charge in [0.2, 0.25) is 5.95 Å². The molecule has 0 bridgehead atoms. The molecule has 3 aliphatic rings. The van der Waals surface area contributed by atoms with E-state index in [1.54, 1.807) is 6.20 Å². The van der Waals surface area contributed by atoms with E-state index in [4.69, 9.17) is 22.1 Å². The number of hydrogen-bond acceptors (Lipinski definition) is 7. The molecule has 2 aliphatic heterocycles. The number of hydrogen-bond donors (Lipinski definition) is 2. The topological polar surface area (TPSA) is 97.0 Å². The molecular weight excluding hydrogens is 408 g/mol. The predicted molar refractivity (Wildman–Crippen MR) is 123 cm³/mol. The SMILES string of the molecule is C#Cc1ccc(C2=CCN(c3nc4c(c(NC5(CN)CCC5)n3)S(=O)CC4)CC2)nc1. The maximum atomic E-state index is 12.6. The maximum Gasteiger partial charge on any atom is 0.227 e. The van der Waals surface area contributed by atoms with Crippen molar-refractivity contribution in [3.8, 4) is 12.3 Å². The van der Waals surface area contributed by atoms with Crippen LogP contribution in [0.1, 0.15) is 42.6 Å². The van der Waals surface area contributed by atoms with Gasteiger partial charge >= 0.3 is 0 Å². The van der Waals surface area contributed by atoms with Crippen molar-refractivity contribution in [3.05, 3.63) is 41.4 Å². The summed E-state index contributed by atoms with van der Waals surface area (Å²) in [6.07, 6.45) is 14.1. The van der Waals surface area contributed by atoms with Crippen LogP contribution >= 0.6 is 0 Å². The monoisotopic (exact) mass is 434 g/mol. The molecule has 2 aromatic heterocycles. The molecule has 1 saturated carbocycles. The van der Waals surface area contributed by atoms with E-state index in [0.717, 1.165) is 60.5 Å². The third kappa shape index (κ3) is 3.73. The van der Waals surface area contributed by atoms with Crippen molar-refractivity contribution >= 4 is 28.1 Å². The highest BCUT2D eigenvalue weighted by Gasteiger charge is 2.38. The van der Waals surface area contributed by atoms with Gasteiger partial charge in [-0.1, -0.05) is 12.0 Å². The van der Waals surface area contributed by atoms with Crippen LogP contribution in [-0.2, 0) is 17.2 Å². The number of aryl methyl sites for hydroxylation is 1. The number of rotatable bonds is 5. The highest BCUT2D eigenvalue weighted by Crippen LogP contribution is 2.38. The van der Waals surface area contributed by atoms with Gasteiger partial charge in [0.25, 0.3) is 0 Å². The molecule has 160 valence electrons. The number of nitrogens with one attached hydrogen (secondary N) is 1. The lowest BCUT2D eigenvalue weighted by atomic mass is 9.77. The van der Waals surface area contributed by atoms with Crippen molar-refractivity contribution in [1.82, 2.24) is 15.0 Å². The summed E-state index contributed by atoms with van der Waals surface area (Å²) < 4.78 is 12.6. The Morgan fingerprint density at radius 1 is 1.29 bits per heavy atom. The Labute approximate surface area is 185 Å². The fourth-order valence-electron chi connectivity index (χ4n) is 4.40. The van der Waals surface area contributed by atoms with Crippen molar-refractivity contribution in [1.29, 1.82) is 0 Å². The summed E-state index contributed by atoms with van der Waals surface area (Å²) in [5.41, 5.74) is 9.77. The first kappa shape index (κ1) is 20.2. The molecule has 5 rings (SSSR count). The average molecular weight is 435 g/mol. The third-order valence-electron chi connectivity index (χ3n) is 6.51. The predicted octanol–water partition coefficient (Wildman–Crippen LogP) is 2.10. The first-order chi connectivity index (χ1) is 15.1. The summed E-state index contributed by atoms with van der Waals surface area (Å²) in [6, 6.07) is 3.90. The molecule has 1 unspecified atom stereocenters. The number of pyridine rings is 1. The van der Waals surface area contributed by atoms with E-state index in [-0.39, 0.29) is 5.54 Å². The number of aromatic nitrogens is 3. The van der Waals surface area contributed by atoms with Gasteiger partial charge in [-0.15, -0.1) is 6.42 Å². The van der Waals surface area contributed by atoms with Crippen molar-refractivity contribution in [3.63, 3.8) is 0 Å². The van der Waals surface area contributed by atoms with Gasteiger partial charge in [0, 0.05) is 43.6 Å². The van der Waals surface area contributed by atoms with E-state index < -0.39 is 10.8 Å². The standard InChI is InChI=1S/C23H26N6OS/c1-2-16-4-5-18(25-14-16)17-6-11-29(12-7-17)22-26-19-8-13-31(30)20(19)21(27-22)28-23(15-24)9-3-10-23/h1,4-6,14H,3,7-13,15,24H2,(H,26,27,28). The zero-order chi connectivity index (χ0) is 21.4. The normalized spacial score (nSPS) is 21.6. The van der Waals surface area contributed by atoms with E-state index in [9.17, 15) is 4.21 Å². The fraction of sp³-hybridized carbons (Fsp3) is 0.435. The fourth-order valence-corrected chi connectivity index (χ4v) is 5.70. The smallest absolute Gasteiger partial charge is 0.227 e. The molecule has 0 saturated heterocycles. The summed E-state index contributed by atoms with van der Waals surface area (Å²) in [6.45, 7) is 2.06. The van der Waals surface area contributed by atoms with Crippen LogP contribution in [-0.4, -0.2) is 50.1 Å². The van der Waals surface area contributed by atoms with Crippen LogP contribution in [0, 0.1) is 12.3 Å². The highest BCUT2D eigenvalue weighted by molar-refractivity contribution is 7.85. The molecule has 4 heterocycles. The Bertz CT molecular complexity index is 1090. The van der Waals surface area contributed by atoms with Gasteiger partial charge < -0.3 is 16.0 Å². The number of anilines is 2. The maximum absolute atomic E-state index is 12.6. The summed E-state index contributed by atoms with van der Waals surface area (Å²) in [7, 11) is -1.05. The molecule has 0 radical (unpaired) electrons. The molecule has 3 N–H and O–H groups in total. The molecule has 1 atom stereocenters. The molecule has 2 aromatic rings. The highest BCUT2D eigenvalue weighted by atomic mass is 32.2. The number of nitrogens with two attached hydrogens (primary N) is 1. The second-order valence-corrected chi connectivity index (χ2v) is 9.92. The van der Waals surface area contributed by atoms with E-state index in [1.807, 2.05) is 12.1 Å². The van der Waals surface area contributed by atoms with Crippen LogP contribution in [0.5, 0.6) is 0 Å². The van der Waals surface area contributed by atoms with Crippen molar-refractivity contribution in [2.75, 3.05) is 35.6 Å². The zero-order valence-corrected chi connectivity index (χ0v) is 18.2. The molecule has 31 heavy (non-hydrogen) atoms. The molecule has 0 spiro atoms. The zero-order valence-electron chi connectivity index (χ0n) is 17.4. The van der Waals surface area contributed by atoms with Crippen LogP contribution < -0.4 is 16.0 Å². The van der Waals surface area contributed by atoms with Crippen LogP contribution in [0.3, 0.4) is 0 Å². The van der Waals surface area contributed by atoms with Gasteiger partial charge in [0.1, 0.15) is 10.7 Å². The largest absolute Gasteiger partial charge is 0.362 e. The minimum absolute atomic E-state index is 0.128. The lowest BCUT2D eigenvalue weighted by Gasteiger charge is -2.42. The summed E-state index contributed by atoms with van der Waals surface area (Å²) in [5.74, 6) is 4.62. The molecule has 1 fully saturated rings. The lowest BCUT2D eigenvalue weighted by molar-refractivity contribution is 0.286. The van der Waals surface area contributed by atoms with Crippen LogP contribution in [0.15, 0.2) is 29.3 Å². The van der Waals surface area contributed by atoms with E-state index in [0.29, 0.717) is 30.6 Å². The molecule has 8 heteroatoms. The van der Waals surface area contributed by atoms with Crippen LogP contribution in [0.4, 0.5) is 11.8 Å². The Balaban J connectivity index is 1.40. The van der Waals surface area contributed by atoms with Gasteiger partial charge in [0.15, 0.2) is 0 Å². The Morgan fingerprint density at radius 2 is 2.16 bits per heavy atom. The van der Waals surface area contributed by atoms with E-state index in [2.05, 4.69) is 27.2 Å². The Kier molecular flexibility index (Phi) is 5.24. The van der Waals surface area contributed by atoms with Gasteiger partial charge in [-0.25, -0.2) is 4.98 Å². The molecule has 0 aromatic carbocycles. The Hall–Kier alpha value is -2.76. The molecular formula is C23H26N6OS. The summed E-state index contributed by atoms with van der Waals surface area (Å²) in [5, 5.41) is 3.56. The number of terminal acetylenes is 1. The van der Waals surface area contributed by atoms with Gasteiger partial charge in [-0.3, -0.25) is 9.19 Å². The van der Waals surface area contributed by atoms with Gasteiger partial charge in [0.05, 0.1) is 27.7 Å². The number of nitrogens with zero attached hydrogens (tertiary/aromatic N) is 4. The Morgan fingerprint density at radius 3 is 2.77 bits per heavy atom. The first-order valence-electron chi connectivity index (χ1n) is 10.8. The minimum atomic E-state index is -1.05. The van der Waals surface area contributed by atoms with Crippen molar-refractivity contribution in [2.24, 2.45) is 5.73 Å². The van der Waals surface area contributed by atoms with Crippen LogP contribution in [0.2, 0.25) is 0 Å². The molecule has 7 nitrogen and oxygen atoms in total. The van der Waals surface area contributed by atoms with Gasteiger partial charge in [-0.05, 0) is 43.4 Å². The van der Waals surface area contributed by atoms with E-state index in [1.165, 1.54) is 5.57 Å². The van der Waals surface area contributed by atoms with Crippen molar-refractivity contribution < 1.29 is 4.21 Å². The third-order valence-corrected chi connectivity index (χ3v) is 7.97. The molecule has 1 aliphatic carbocycles. The quantitative estimate of drug-likeness (QED) is 0.696. The summed E-state index contributed by atoms with van der Waals surface area (Å²) in [4.78, 5) is 17.1. The van der Waals surface area contributed by atoms with Crippen LogP contribution in [0.25, 0.3) is 5.57 Å². The number of fused-ring (bicyclic) bond motifs is 1. The van der Waals surface area contributed by atoms with Crippen molar-refractivity contribution in [2.45, 2.75) is 42.5 Å².